The Morgan fingerprint density at radius 1 is 1.18 bits per heavy atom. The second-order valence-electron chi connectivity index (χ2n) is 7.62. The number of carbonyl (C=O) groups excluding carboxylic acids is 1. The summed E-state index contributed by atoms with van der Waals surface area (Å²) < 4.78 is 78.8. The van der Waals surface area contributed by atoms with E-state index >= 15 is 0 Å². The molecule has 1 N–H and O–H groups in total. The van der Waals surface area contributed by atoms with Crippen LogP contribution in [0.5, 0.6) is 0 Å². The second kappa shape index (κ2) is 11.5. The number of amides is 1. The Hall–Kier alpha value is -2.16. The van der Waals surface area contributed by atoms with E-state index in [2.05, 4.69) is 22.2 Å². The van der Waals surface area contributed by atoms with Crippen LogP contribution in [0.2, 0.25) is 0 Å². The SMILES string of the molecule is CC#CCN=C1NC(=O)SC1=CC1CCN(Cc2ccc(C(F)(F)F)cc2C(F)(F)F)CC1.Cl. The van der Waals surface area contributed by atoms with Gasteiger partial charge in [-0.05, 0) is 68.2 Å². The van der Waals surface area contributed by atoms with Gasteiger partial charge in [0.15, 0.2) is 0 Å². The lowest BCUT2D eigenvalue weighted by Gasteiger charge is -2.31. The van der Waals surface area contributed by atoms with Crippen molar-refractivity contribution in [1.29, 1.82) is 0 Å². The van der Waals surface area contributed by atoms with Crippen LogP contribution in [-0.2, 0) is 18.9 Å². The van der Waals surface area contributed by atoms with Crippen molar-refractivity contribution in [3.8, 4) is 11.8 Å². The Morgan fingerprint density at radius 2 is 1.85 bits per heavy atom. The highest BCUT2D eigenvalue weighted by atomic mass is 35.5. The van der Waals surface area contributed by atoms with Gasteiger partial charge in [-0.1, -0.05) is 18.1 Å². The average Bonchev–Trinajstić information content (AvgIpc) is 3.07. The first-order valence-corrected chi connectivity index (χ1v) is 10.9. The molecule has 0 aromatic heterocycles. The number of nitrogens with one attached hydrogen (secondary N) is 1. The molecule has 0 spiro atoms. The molecular weight excluding hydrogens is 504 g/mol. The molecular formula is C22H22ClF6N3OS. The van der Waals surface area contributed by atoms with Crippen molar-refractivity contribution in [1.82, 2.24) is 10.2 Å². The number of likely N-dealkylation sites (tertiary alicyclic amines) is 1. The molecule has 12 heteroatoms. The Labute approximate surface area is 203 Å². The fourth-order valence-electron chi connectivity index (χ4n) is 3.65. The van der Waals surface area contributed by atoms with Crippen molar-refractivity contribution >= 4 is 35.2 Å². The molecule has 2 heterocycles. The van der Waals surface area contributed by atoms with Crippen LogP contribution < -0.4 is 5.32 Å². The van der Waals surface area contributed by atoms with Gasteiger partial charge < -0.3 is 5.32 Å². The molecule has 1 amide bonds. The van der Waals surface area contributed by atoms with Crippen LogP contribution in [0.25, 0.3) is 0 Å². The molecule has 0 bridgehead atoms. The van der Waals surface area contributed by atoms with Gasteiger partial charge in [0.2, 0.25) is 0 Å². The number of aliphatic imine (C=N–C) groups is 1. The summed E-state index contributed by atoms with van der Waals surface area (Å²) in [4.78, 5) is 18.5. The number of alkyl halides is 6. The van der Waals surface area contributed by atoms with Gasteiger partial charge in [-0.2, -0.15) is 26.3 Å². The van der Waals surface area contributed by atoms with Crippen LogP contribution in [0.15, 0.2) is 34.2 Å². The average molecular weight is 526 g/mol. The maximum atomic E-state index is 13.4. The van der Waals surface area contributed by atoms with Gasteiger partial charge >= 0.3 is 12.4 Å². The van der Waals surface area contributed by atoms with Gasteiger partial charge in [0.25, 0.3) is 5.24 Å². The molecule has 2 fully saturated rings. The Kier molecular flexibility index (Phi) is 9.51. The predicted octanol–water partition coefficient (Wildman–Crippen LogP) is 6.12. The number of benzene rings is 1. The van der Waals surface area contributed by atoms with Crippen molar-refractivity contribution in [2.45, 2.75) is 38.7 Å². The first kappa shape index (κ1) is 28.1. The smallest absolute Gasteiger partial charge is 0.300 e. The number of hydrogen-bond acceptors (Lipinski definition) is 4. The lowest BCUT2D eigenvalue weighted by molar-refractivity contribution is -0.143. The van der Waals surface area contributed by atoms with Gasteiger partial charge in [-0.25, -0.2) is 0 Å². The fraction of sp³-hybridized carbons (Fsp3) is 0.455. The maximum Gasteiger partial charge on any atom is 0.416 e. The Balaban J connectivity index is 0.00000408. The van der Waals surface area contributed by atoms with E-state index in [4.69, 9.17) is 0 Å². The lowest BCUT2D eigenvalue weighted by atomic mass is 9.95. The van der Waals surface area contributed by atoms with E-state index in [1.165, 1.54) is 0 Å². The monoisotopic (exact) mass is 525 g/mol. The van der Waals surface area contributed by atoms with Crippen LogP contribution in [0, 0.1) is 17.8 Å². The highest BCUT2D eigenvalue weighted by Crippen LogP contribution is 2.38. The number of nitrogens with zero attached hydrogens (tertiary/aromatic N) is 2. The molecule has 4 nitrogen and oxygen atoms in total. The van der Waals surface area contributed by atoms with E-state index in [9.17, 15) is 31.1 Å². The minimum atomic E-state index is -4.88. The number of halogens is 7. The number of thioether (sulfide) groups is 1. The summed E-state index contributed by atoms with van der Waals surface area (Å²) in [6.07, 6.45) is -6.50. The van der Waals surface area contributed by atoms with Crippen molar-refractivity contribution in [2.24, 2.45) is 10.9 Å². The molecule has 2 aliphatic rings. The number of piperidine rings is 1. The molecule has 0 aliphatic carbocycles. The van der Waals surface area contributed by atoms with Crippen LogP contribution in [-0.4, -0.2) is 35.6 Å². The standard InChI is InChI=1S/C22H21F6N3OS.ClH/c1-2-3-8-29-19-18(33-20(32)30-19)11-14-6-9-31(10-7-14)13-15-4-5-16(21(23,24)25)12-17(15)22(26,27)28;/h4-5,11-12,14H,6-10,13H2,1H3,(H,29,30,32);1H. The molecule has 0 atom stereocenters. The third-order valence-corrected chi connectivity index (χ3v) is 6.14. The summed E-state index contributed by atoms with van der Waals surface area (Å²) in [5.74, 6) is 6.09. The minimum Gasteiger partial charge on any atom is -0.300 e. The summed E-state index contributed by atoms with van der Waals surface area (Å²) in [5.41, 5.74) is -2.76. The molecule has 0 unspecified atom stereocenters. The highest BCUT2D eigenvalue weighted by Gasteiger charge is 2.38. The fourth-order valence-corrected chi connectivity index (χ4v) is 4.47. The van der Waals surface area contributed by atoms with E-state index in [1.807, 2.05) is 6.08 Å². The molecule has 3 rings (SSSR count). The van der Waals surface area contributed by atoms with Crippen molar-refractivity contribution < 1.29 is 31.1 Å². The molecule has 2 saturated heterocycles. The lowest BCUT2D eigenvalue weighted by Crippen LogP contribution is -2.33. The second-order valence-corrected chi connectivity index (χ2v) is 8.63. The van der Waals surface area contributed by atoms with Crippen LogP contribution in [0.4, 0.5) is 31.1 Å². The topological polar surface area (TPSA) is 44.7 Å². The molecule has 34 heavy (non-hydrogen) atoms. The number of amidine groups is 1. The van der Waals surface area contributed by atoms with E-state index in [-0.39, 0.29) is 48.3 Å². The summed E-state index contributed by atoms with van der Waals surface area (Å²) >= 11 is 1.04. The Morgan fingerprint density at radius 3 is 2.44 bits per heavy atom. The minimum absolute atomic E-state index is 0. The van der Waals surface area contributed by atoms with Gasteiger partial charge in [0.1, 0.15) is 12.4 Å². The summed E-state index contributed by atoms with van der Waals surface area (Å²) in [6, 6.07) is 1.78. The van der Waals surface area contributed by atoms with Crippen LogP contribution in [0.1, 0.15) is 36.5 Å². The molecule has 0 radical (unpaired) electrons. The predicted molar refractivity (Wildman–Crippen MR) is 122 cm³/mol. The Bertz CT molecular complexity index is 1020. The first-order valence-electron chi connectivity index (χ1n) is 10.1. The summed E-state index contributed by atoms with van der Waals surface area (Å²) in [5, 5.41) is 2.44. The van der Waals surface area contributed by atoms with Gasteiger partial charge in [0, 0.05) is 6.54 Å². The van der Waals surface area contributed by atoms with Crippen molar-refractivity contribution in [3.63, 3.8) is 0 Å². The quantitative estimate of drug-likeness (QED) is 0.380. The normalized spacial score (nSPS) is 20.1. The van der Waals surface area contributed by atoms with E-state index < -0.39 is 23.5 Å². The molecule has 2 aliphatic heterocycles. The van der Waals surface area contributed by atoms with E-state index in [1.54, 1.807) is 11.8 Å². The molecule has 186 valence electrons. The number of carbonyl (C=O) groups is 1. The molecule has 1 aromatic rings. The van der Waals surface area contributed by atoms with Gasteiger partial charge in [0.05, 0.1) is 16.0 Å². The van der Waals surface area contributed by atoms with Gasteiger partial charge in [-0.3, -0.25) is 14.7 Å². The maximum absolute atomic E-state index is 13.4. The zero-order valence-electron chi connectivity index (χ0n) is 18.0. The number of rotatable bonds is 4. The third-order valence-electron chi connectivity index (χ3n) is 5.31. The van der Waals surface area contributed by atoms with Crippen molar-refractivity contribution in [3.05, 3.63) is 45.9 Å². The number of allylic oxidation sites excluding steroid dienone is 1. The number of hydrogen-bond donors (Lipinski definition) is 1. The van der Waals surface area contributed by atoms with Crippen molar-refractivity contribution in [2.75, 3.05) is 19.6 Å². The van der Waals surface area contributed by atoms with Crippen LogP contribution in [0.3, 0.4) is 0 Å². The third kappa shape index (κ3) is 7.42. The molecule has 1 aromatic carbocycles. The van der Waals surface area contributed by atoms with E-state index in [0.717, 1.165) is 17.8 Å². The first-order chi connectivity index (χ1) is 15.5. The zero-order chi connectivity index (χ0) is 24.2. The van der Waals surface area contributed by atoms with E-state index in [0.29, 0.717) is 42.7 Å². The zero-order valence-corrected chi connectivity index (χ0v) is 19.6. The summed E-state index contributed by atoms with van der Waals surface area (Å²) in [6.45, 7) is 2.82. The largest absolute Gasteiger partial charge is 0.416 e. The highest BCUT2D eigenvalue weighted by molar-refractivity contribution is 8.18. The van der Waals surface area contributed by atoms with Crippen LogP contribution >= 0.6 is 24.2 Å². The summed E-state index contributed by atoms with van der Waals surface area (Å²) in [7, 11) is 0. The molecule has 0 saturated carbocycles. The van der Waals surface area contributed by atoms with Gasteiger partial charge in [-0.15, -0.1) is 18.3 Å².